The second-order valence-corrected chi connectivity index (χ2v) is 10.7. The Balaban J connectivity index is 1.51. The lowest BCUT2D eigenvalue weighted by Gasteiger charge is -2.33. The summed E-state index contributed by atoms with van der Waals surface area (Å²) < 4.78 is 28.5. The van der Waals surface area contributed by atoms with E-state index in [1.54, 1.807) is 11.7 Å². The van der Waals surface area contributed by atoms with Crippen LogP contribution in [0.5, 0.6) is 0 Å². The molecule has 0 aliphatic carbocycles. The minimum absolute atomic E-state index is 0.00489. The number of amides is 1. The number of hydrogen-bond donors (Lipinski definition) is 1. The molecule has 1 aliphatic heterocycles. The third kappa shape index (κ3) is 5.68. The quantitative estimate of drug-likeness (QED) is 0.751. The largest absolute Gasteiger partial charge is 0.310 e. The maximum atomic E-state index is 12.7. The van der Waals surface area contributed by atoms with E-state index in [9.17, 15) is 13.2 Å². The molecular formula is C21H31N5O3S. The number of aryl methyl sites for hydroxylation is 1. The fourth-order valence-corrected chi connectivity index (χ4v) is 4.89. The first-order valence-corrected chi connectivity index (χ1v) is 11.7. The molecule has 0 radical (unpaired) electrons. The average molecular weight is 434 g/mol. The van der Waals surface area contributed by atoms with E-state index in [4.69, 9.17) is 0 Å². The Morgan fingerprint density at radius 1 is 1.10 bits per heavy atom. The lowest BCUT2D eigenvalue weighted by molar-refractivity contribution is -0.117. The van der Waals surface area contributed by atoms with Gasteiger partial charge in [-0.3, -0.25) is 14.4 Å². The van der Waals surface area contributed by atoms with Crippen molar-refractivity contribution in [1.29, 1.82) is 0 Å². The van der Waals surface area contributed by atoms with Crippen LogP contribution in [0.15, 0.2) is 36.4 Å². The maximum Gasteiger partial charge on any atom is 0.239 e. The van der Waals surface area contributed by atoms with Crippen molar-refractivity contribution < 1.29 is 13.2 Å². The number of piperazine rings is 1. The van der Waals surface area contributed by atoms with Gasteiger partial charge in [0.1, 0.15) is 5.82 Å². The van der Waals surface area contributed by atoms with Crippen LogP contribution in [0.25, 0.3) is 0 Å². The molecule has 1 amide bonds. The van der Waals surface area contributed by atoms with Gasteiger partial charge in [0.05, 0.1) is 18.0 Å². The molecule has 9 heteroatoms. The third-order valence-corrected chi connectivity index (χ3v) is 7.05. The van der Waals surface area contributed by atoms with E-state index in [-0.39, 0.29) is 23.6 Å². The van der Waals surface area contributed by atoms with E-state index in [0.717, 1.165) is 11.3 Å². The monoisotopic (exact) mass is 433 g/mol. The van der Waals surface area contributed by atoms with Gasteiger partial charge in [0.2, 0.25) is 15.9 Å². The molecule has 0 spiro atoms. The fourth-order valence-electron chi connectivity index (χ4n) is 3.38. The van der Waals surface area contributed by atoms with Gasteiger partial charge < -0.3 is 5.32 Å². The Morgan fingerprint density at radius 2 is 1.73 bits per heavy atom. The van der Waals surface area contributed by atoms with Crippen LogP contribution in [0, 0.1) is 0 Å². The summed E-state index contributed by atoms with van der Waals surface area (Å²) in [6, 6.07) is 11.1. The number of carbonyl (C=O) groups is 1. The molecule has 8 nitrogen and oxygen atoms in total. The second-order valence-electron chi connectivity index (χ2n) is 8.75. The number of nitrogens with one attached hydrogen (secondary N) is 1. The Bertz CT molecular complexity index is 972. The molecule has 0 unspecified atom stereocenters. The van der Waals surface area contributed by atoms with Crippen molar-refractivity contribution in [3.8, 4) is 0 Å². The van der Waals surface area contributed by atoms with E-state index in [1.165, 1.54) is 4.31 Å². The fraction of sp³-hybridized carbons (Fsp3) is 0.524. The van der Waals surface area contributed by atoms with Crippen molar-refractivity contribution in [2.45, 2.75) is 31.9 Å². The number of benzene rings is 1. The average Bonchev–Trinajstić information content (AvgIpc) is 3.03. The number of aromatic nitrogens is 2. The zero-order chi connectivity index (χ0) is 21.9. The zero-order valence-corrected chi connectivity index (χ0v) is 18.9. The van der Waals surface area contributed by atoms with Crippen LogP contribution in [0.3, 0.4) is 0 Å². The van der Waals surface area contributed by atoms with Gasteiger partial charge in [-0.2, -0.15) is 9.40 Å². The highest BCUT2D eigenvalue weighted by atomic mass is 32.2. The van der Waals surface area contributed by atoms with Crippen LogP contribution in [-0.2, 0) is 33.0 Å². The lowest BCUT2D eigenvalue weighted by atomic mass is 9.92. The van der Waals surface area contributed by atoms with Crippen LogP contribution in [0.2, 0.25) is 0 Å². The molecular weight excluding hydrogens is 402 g/mol. The van der Waals surface area contributed by atoms with Crippen molar-refractivity contribution in [3.63, 3.8) is 0 Å². The second kappa shape index (κ2) is 8.87. The summed E-state index contributed by atoms with van der Waals surface area (Å²) in [5, 5.41) is 7.38. The molecule has 1 aromatic carbocycles. The molecule has 2 aromatic rings. The van der Waals surface area contributed by atoms with Gasteiger partial charge in [0.15, 0.2) is 0 Å². The van der Waals surface area contributed by atoms with Gasteiger partial charge in [-0.15, -0.1) is 0 Å². The molecule has 0 atom stereocenters. The number of anilines is 1. The van der Waals surface area contributed by atoms with Crippen molar-refractivity contribution in [2.24, 2.45) is 7.05 Å². The number of rotatable bonds is 6. The highest BCUT2D eigenvalue weighted by Crippen LogP contribution is 2.23. The molecule has 1 aromatic heterocycles. The Labute approximate surface area is 178 Å². The summed E-state index contributed by atoms with van der Waals surface area (Å²) in [5.74, 6) is 0.540. The maximum absolute atomic E-state index is 12.7. The normalized spacial score (nSPS) is 16.5. The predicted octanol–water partition coefficient (Wildman–Crippen LogP) is 1.80. The predicted molar refractivity (Wildman–Crippen MR) is 118 cm³/mol. The van der Waals surface area contributed by atoms with E-state index in [0.29, 0.717) is 32.0 Å². The van der Waals surface area contributed by atoms with Crippen molar-refractivity contribution in [2.75, 3.05) is 38.0 Å². The highest BCUT2D eigenvalue weighted by Gasteiger charge is 2.28. The van der Waals surface area contributed by atoms with E-state index >= 15 is 0 Å². The van der Waals surface area contributed by atoms with Crippen LogP contribution < -0.4 is 5.32 Å². The molecule has 30 heavy (non-hydrogen) atoms. The number of sulfonamides is 1. The van der Waals surface area contributed by atoms with Crippen molar-refractivity contribution in [3.05, 3.63) is 47.7 Å². The lowest BCUT2D eigenvalue weighted by Crippen LogP contribution is -2.50. The SMILES string of the molecule is Cn1nc(C(C)(C)C)cc1NC(=O)CN1CCN(S(=O)(=O)Cc2ccccc2)CC1. The zero-order valence-electron chi connectivity index (χ0n) is 18.1. The minimum atomic E-state index is -3.36. The molecule has 0 bridgehead atoms. The smallest absolute Gasteiger partial charge is 0.239 e. The van der Waals surface area contributed by atoms with E-state index in [1.807, 2.05) is 41.3 Å². The summed E-state index contributed by atoms with van der Waals surface area (Å²) in [4.78, 5) is 14.5. The molecule has 2 heterocycles. The summed E-state index contributed by atoms with van der Waals surface area (Å²) in [6.45, 7) is 8.29. The van der Waals surface area contributed by atoms with Crippen LogP contribution in [0.1, 0.15) is 32.0 Å². The minimum Gasteiger partial charge on any atom is -0.310 e. The molecule has 3 rings (SSSR count). The Kier molecular flexibility index (Phi) is 6.64. The van der Waals surface area contributed by atoms with Gasteiger partial charge in [-0.25, -0.2) is 8.42 Å². The third-order valence-electron chi connectivity index (χ3n) is 5.20. The molecule has 1 fully saturated rings. The molecule has 0 saturated carbocycles. The highest BCUT2D eigenvalue weighted by molar-refractivity contribution is 7.88. The van der Waals surface area contributed by atoms with Gasteiger partial charge in [0, 0.05) is 44.7 Å². The summed E-state index contributed by atoms with van der Waals surface area (Å²) >= 11 is 0. The molecule has 1 saturated heterocycles. The van der Waals surface area contributed by atoms with Crippen LogP contribution in [0.4, 0.5) is 5.82 Å². The van der Waals surface area contributed by atoms with Crippen molar-refractivity contribution >= 4 is 21.7 Å². The summed E-state index contributed by atoms with van der Waals surface area (Å²) in [6.07, 6.45) is 0. The number of nitrogens with zero attached hydrogens (tertiary/aromatic N) is 4. The molecule has 164 valence electrons. The topological polar surface area (TPSA) is 87.5 Å². The first-order valence-electron chi connectivity index (χ1n) is 10.1. The standard InChI is InChI=1S/C21H31N5O3S/c1-21(2,3)18-14-19(24(4)23-18)22-20(27)15-25-10-12-26(13-11-25)30(28,29)16-17-8-6-5-7-9-17/h5-9,14H,10-13,15-16H2,1-4H3,(H,22,27). The van der Waals surface area contributed by atoms with E-state index < -0.39 is 10.0 Å². The van der Waals surface area contributed by atoms with Crippen molar-refractivity contribution in [1.82, 2.24) is 19.0 Å². The van der Waals surface area contributed by atoms with E-state index in [2.05, 4.69) is 31.2 Å². The van der Waals surface area contributed by atoms with Crippen LogP contribution >= 0.6 is 0 Å². The van der Waals surface area contributed by atoms with Crippen LogP contribution in [-0.4, -0.2) is 66.0 Å². The Morgan fingerprint density at radius 3 is 2.30 bits per heavy atom. The van der Waals surface area contributed by atoms with Gasteiger partial charge in [-0.05, 0) is 5.56 Å². The van der Waals surface area contributed by atoms with Gasteiger partial charge >= 0.3 is 0 Å². The molecule has 1 N–H and O–H groups in total. The van der Waals surface area contributed by atoms with Gasteiger partial charge in [-0.1, -0.05) is 51.1 Å². The van der Waals surface area contributed by atoms with Gasteiger partial charge in [0.25, 0.3) is 0 Å². The number of hydrogen-bond acceptors (Lipinski definition) is 5. The number of carbonyl (C=O) groups excluding carboxylic acids is 1. The first kappa shape index (κ1) is 22.5. The Hall–Kier alpha value is -2.23. The summed E-state index contributed by atoms with van der Waals surface area (Å²) in [5.41, 5.74) is 1.60. The summed E-state index contributed by atoms with van der Waals surface area (Å²) in [7, 11) is -1.55. The first-order chi connectivity index (χ1) is 14.0. The molecule has 1 aliphatic rings.